The second-order valence-electron chi connectivity index (χ2n) is 6.30. The van der Waals surface area contributed by atoms with Gasteiger partial charge in [0.15, 0.2) is 0 Å². The number of nitrogens with one attached hydrogen (secondary N) is 1. The number of benzene rings is 1. The Bertz CT molecular complexity index is 620. The van der Waals surface area contributed by atoms with E-state index in [4.69, 9.17) is 9.53 Å². The van der Waals surface area contributed by atoms with Crippen LogP contribution in [0, 0.1) is 0 Å². The highest BCUT2D eigenvalue weighted by molar-refractivity contribution is 7.19. The molecule has 0 aliphatic heterocycles. The molecule has 0 aliphatic carbocycles. The van der Waals surface area contributed by atoms with Gasteiger partial charge in [-0.25, -0.2) is 0 Å². The maximum Gasteiger partial charge on any atom is 0.150 e. The Kier molecular flexibility index (Phi) is 14.9. The van der Waals surface area contributed by atoms with E-state index >= 15 is 0 Å². The largest absolute Gasteiger partial charge is 0.388 e. The Morgan fingerprint density at radius 1 is 1.15 bits per heavy atom. The van der Waals surface area contributed by atoms with Crippen molar-refractivity contribution >= 4 is 34.5 Å². The van der Waals surface area contributed by atoms with Crippen molar-refractivity contribution in [1.29, 1.82) is 0 Å². The van der Waals surface area contributed by atoms with Gasteiger partial charge < -0.3 is 19.6 Å². The van der Waals surface area contributed by atoms with Gasteiger partial charge in [-0.2, -0.15) is 0 Å². The summed E-state index contributed by atoms with van der Waals surface area (Å²) in [6, 6.07) is 8.34. The lowest BCUT2D eigenvalue weighted by Gasteiger charge is -2.14. The minimum Gasteiger partial charge on any atom is -0.388 e. The van der Waals surface area contributed by atoms with Crippen LogP contribution in [0.1, 0.15) is 49.0 Å². The molecule has 2 aromatic rings. The van der Waals surface area contributed by atoms with E-state index in [2.05, 4.69) is 23.0 Å². The summed E-state index contributed by atoms with van der Waals surface area (Å²) in [6.07, 6.45) is 0.889. The third-order valence-electron chi connectivity index (χ3n) is 3.17. The molecular weight excluding hydrogens is 350 g/mol. The highest BCUT2D eigenvalue weighted by atomic mass is 32.1. The van der Waals surface area contributed by atoms with Crippen LogP contribution in [0.25, 0.3) is 10.1 Å². The first kappa shape index (κ1) is 26.6. The van der Waals surface area contributed by atoms with E-state index < -0.39 is 0 Å². The van der Waals surface area contributed by atoms with Gasteiger partial charge in [-0.1, -0.05) is 12.1 Å². The summed E-state index contributed by atoms with van der Waals surface area (Å²) in [5.74, 6) is 0. The Labute approximate surface area is 161 Å². The van der Waals surface area contributed by atoms with Gasteiger partial charge in [0.2, 0.25) is 0 Å². The molecule has 6 heteroatoms. The number of fused-ring (bicyclic) bond motifs is 1. The Morgan fingerprint density at radius 3 is 2.04 bits per heavy atom. The second-order valence-corrected chi connectivity index (χ2v) is 7.41. The maximum absolute atomic E-state index is 10.6. The fourth-order valence-corrected chi connectivity index (χ4v) is 2.67. The molecule has 1 aromatic carbocycles. The van der Waals surface area contributed by atoms with Crippen molar-refractivity contribution in [1.82, 2.24) is 5.32 Å². The molecule has 1 unspecified atom stereocenters. The van der Waals surface area contributed by atoms with Gasteiger partial charge in [0.05, 0.1) is 5.60 Å². The summed E-state index contributed by atoms with van der Waals surface area (Å²) < 4.78 is 10.4. The zero-order valence-electron chi connectivity index (χ0n) is 17.2. The first-order valence-corrected chi connectivity index (χ1v) is 8.94. The molecule has 0 fully saturated rings. The number of hydrogen-bond donors (Lipinski definition) is 1. The first-order valence-electron chi connectivity index (χ1n) is 8.12. The summed E-state index contributed by atoms with van der Waals surface area (Å²) in [5, 5.41) is 4.42. The minimum atomic E-state index is 0.0417. The number of carbonyl (C=O) groups is 2. The molecule has 26 heavy (non-hydrogen) atoms. The first-order chi connectivity index (χ1) is 12.2. The van der Waals surface area contributed by atoms with Crippen LogP contribution in [0.4, 0.5) is 0 Å². The van der Waals surface area contributed by atoms with Crippen LogP contribution < -0.4 is 5.32 Å². The quantitative estimate of drug-likeness (QED) is 0.791. The Balaban J connectivity index is 0. The van der Waals surface area contributed by atoms with Crippen LogP contribution in [0.15, 0.2) is 24.3 Å². The minimum absolute atomic E-state index is 0.0417. The molecule has 0 aliphatic rings. The molecule has 0 radical (unpaired) electrons. The average Bonchev–Trinajstić information content (AvgIpc) is 3.06. The highest BCUT2D eigenvalue weighted by Gasteiger charge is 2.07. The molecular formula is C20H33NO4S. The summed E-state index contributed by atoms with van der Waals surface area (Å²) in [4.78, 5) is 19.9. The second kappa shape index (κ2) is 14.6. The van der Waals surface area contributed by atoms with E-state index in [9.17, 15) is 4.79 Å². The molecule has 0 spiro atoms. The van der Waals surface area contributed by atoms with Gasteiger partial charge in [-0.05, 0) is 52.3 Å². The van der Waals surface area contributed by atoms with E-state index in [1.54, 1.807) is 32.7 Å². The lowest BCUT2D eigenvalue weighted by atomic mass is 10.2. The van der Waals surface area contributed by atoms with Crippen molar-refractivity contribution in [2.24, 2.45) is 0 Å². The molecule has 1 aromatic heterocycles. The van der Waals surface area contributed by atoms with Crippen molar-refractivity contribution in [2.75, 3.05) is 28.4 Å². The normalized spacial score (nSPS) is 11.1. The van der Waals surface area contributed by atoms with E-state index in [0.29, 0.717) is 6.04 Å². The molecule has 148 valence electrons. The smallest absolute Gasteiger partial charge is 0.150 e. The third-order valence-corrected chi connectivity index (χ3v) is 4.45. The monoisotopic (exact) mass is 383 g/mol. The zero-order chi connectivity index (χ0) is 20.8. The van der Waals surface area contributed by atoms with Gasteiger partial charge in [0, 0.05) is 42.5 Å². The summed E-state index contributed by atoms with van der Waals surface area (Å²) >= 11 is 1.74. The van der Waals surface area contributed by atoms with Crippen molar-refractivity contribution in [3.05, 3.63) is 34.7 Å². The Morgan fingerprint density at radius 2 is 1.65 bits per heavy atom. The van der Waals surface area contributed by atoms with Gasteiger partial charge in [0.25, 0.3) is 0 Å². The Hall–Kier alpha value is -1.60. The molecule has 1 heterocycles. The molecule has 1 N–H and O–H groups in total. The maximum atomic E-state index is 10.6. The molecule has 1 atom stereocenters. The summed E-state index contributed by atoms with van der Waals surface area (Å²) in [6.45, 7) is 10.2. The van der Waals surface area contributed by atoms with E-state index in [1.165, 1.54) is 15.0 Å². The lowest BCUT2D eigenvalue weighted by Crippen LogP contribution is -2.15. The standard InChI is InChI=1S/C12H13NOS.C5H12O.C2H6O.CH2O/c1-8(13-2)11-6-10-4-3-9(7-14)5-12(10)15-11;1-5(2,3)6-4;1-3-2;1-2/h3-8,13H,1-2H3;1-4H3;1-2H3;1H2. The molecule has 5 nitrogen and oxygen atoms in total. The van der Waals surface area contributed by atoms with E-state index in [1.807, 2.05) is 52.8 Å². The van der Waals surface area contributed by atoms with E-state index in [0.717, 1.165) is 11.8 Å². The fourth-order valence-electron chi connectivity index (χ4n) is 1.50. The molecule has 2 rings (SSSR count). The number of rotatable bonds is 3. The molecule has 0 bridgehead atoms. The molecule has 0 amide bonds. The van der Waals surface area contributed by atoms with Crippen LogP contribution in [0.2, 0.25) is 0 Å². The molecule has 0 saturated carbocycles. The van der Waals surface area contributed by atoms with Crippen molar-refractivity contribution in [2.45, 2.75) is 39.3 Å². The van der Waals surface area contributed by atoms with Gasteiger partial charge >= 0.3 is 0 Å². The number of methoxy groups -OCH3 is 2. The van der Waals surface area contributed by atoms with Crippen LogP contribution >= 0.6 is 11.3 Å². The van der Waals surface area contributed by atoms with Crippen molar-refractivity contribution in [3.63, 3.8) is 0 Å². The van der Waals surface area contributed by atoms with Gasteiger partial charge in [0.1, 0.15) is 13.1 Å². The predicted octanol–water partition coefficient (Wildman–Crippen LogP) is 4.50. The number of ether oxygens (including phenoxy) is 2. The zero-order valence-corrected chi connectivity index (χ0v) is 18.0. The number of aldehydes is 1. The topological polar surface area (TPSA) is 64.6 Å². The fraction of sp³-hybridized carbons (Fsp3) is 0.500. The third kappa shape index (κ3) is 11.1. The highest BCUT2D eigenvalue weighted by Crippen LogP contribution is 2.30. The number of carbonyl (C=O) groups excluding carboxylic acids is 2. The van der Waals surface area contributed by atoms with Gasteiger partial charge in [-0.3, -0.25) is 4.79 Å². The molecule has 0 saturated heterocycles. The predicted molar refractivity (Wildman–Crippen MR) is 112 cm³/mol. The van der Waals surface area contributed by atoms with Crippen molar-refractivity contribution < 1.29 is 19.1 Å². The summed E-state index contributed by atoms with van der Waals surface area (Å²) in [5.41, 5.74) is 0.785. The van der Waals surface area contributed by atoms with E-state index in [-0.39, 0.29) is 5.60 Å². The van der Waals surface area contributed by atoms with Gasteiger partial charge in [-0.15, -0.1) is 11.3 Å². The lowest BCUT2D eigenvalue weighted by molar-refractivity contribution is -0.0980. The van der Waals surface area contributed by atoms with Crippen LogP contribution in [0.3, 0.4) is 0 Å². The van der Waals surface area contributed by atoms with Crippen LogP contribution in [-0.2, 0) is 14.3 Å². The van der Waals surface area contributed by atoms with Crippen LogP contribution in [-0.4, -0.2) is 47.1 Å². The SMILES string of the molecule is C=O.CNC(C)c1cc2ccc(C=O)cc2s1.COC.COC(C)(C)C. The number of hydrogen-bond acceptors (Lipinski definition) is 6. The van der Waals surface area contributed by atoms with Crippen LogP contribution in [0.5, 0.6) is 0 Å². The van der Waals surface area contributed by atoms with Crippen molar-refractivity contribution in [3.8, 4) is 0 Å². The average molecular weight is 384 g/mol. The number of thiophene rings is 1. The summed E-state index contributed by atoms with van der Waals surface area (Å²) in [7, 11) is 6.91.